The van der Waals surface area contributed by atoms with Gasteiger partial charge in [0, 0.05) is 27.1 Å². The fraction of sp³-hybridized carbons (Fsp3) is 0. The summed E-state index contributed by atoms with van der Waals surface area (Å²) in [5.41, 5.74) is 9.10. The molecule has 2 aromatic heterocycles. The van der Waals surface area contributed by atoms with Crippen LogP contribution in [0.25, 0.3) is 66.1 Å². The summed E-state index contributed by atoms with van der Waals surface area (Å²) in [6.07, 6.45) is 0. The highest BCUT2D eigenvalue weighted by Gasteiger charge is 2.19. The third-order valence-electron chi connectivity index (χ3n) is 8.42. The molecular weight excluding hydrogens is 538 g/mol. The van der Waals surface area contributed by atoms with Crippen molar-refractivity contribution >= 4 is 43.6 Å². The molecule has 5 heteroatoms. The van der Waals surface area contributed by atoms with Crippen LogP contribution in [0.4, 0.5) is 0 Å². The molecule has 8 aromatic rings. The molecular formula is C39H21N5. The molecule has 0 saturated heterocycles. The van der Waals surface area contributed by atoms with Crippen molar-refractivity contribution < 1.29 is 0 Å². The van der Waals surface area contributed by atoms with E-state index in [1.165, 1.54) is 0 Å². The van der Waals surface area contributed by atoms with E-state index in [0.29, 0.717) is 16.7 Å². The molecule has 0 aliphatic heterocycles. The molecule has 0 amide bonds. The van der Waals surface area contributed by atoms with Crippen LogP contribution < -0.4 is 0 Å². The number of rotatable bonds is 3. The molecule has 0 bridgehead atoms. The predicted octanol–water partition coefficient (Wildman–Crippen LogP) is 9.16. The summed E-state index contributed by atoms with van der Waals surface area (Å²) in [5, 5.41) is 34.0. The fourth-order valence-electron chi connectivity index (χ4n) is 6.49. The molecule has 8 rings (SSSR count). The molecule has 44 heavy (non-hydrogen) atoms. The SMILES string of the molecule is N#Cc1ccc(-n2c3ccccc3c3ccccc32)c(-c2ccc(C#N)c(-n3c4ccccc4c4cc(C#N)ccc43)c2)c1. The smallest absolute Gasteiger partial charge is 0.101 e. The van der Waals surface area contributed by atoms with Crippen LogP contribution in [0.1, 0.15) is 16.7 Å². The van der Waals surface area contributed by atoms with E-state index in [1.807, 2.05) is 91.0 Å². The average Bonchev–Trinajstić information content (AvgIpc) is 3.60. The second-order valence-corrected chi connectivity index (χ2v) is 10.8. The Balaban J connectivity index is 1.45. The Morgan fingerprint density at radius 1 is 0.409 bits per heavy atom. The Labute approximate surface area is 252 Å². The van der Waals surface area contributed by atoms with Gasteiger partial charge in [0.1, 0.15) is 6.07 Å². The summed E-state index contributed by atoms with van der Waals surface area (Å²) in [5.74, 6) is 0. The van der Waals surface area contributed by atoms with Crippen LogP contribution in [0.2, 0.25) is 0 Å². The van der Waals surface area contributed by atoms with Crippen LogP contribution in [0, 0.1) is 34.0 Å². The second-order valence-electron chi connectivity index (χ2n) is 10.8. The van der Waals surface area contributed by atoms with E-state index in [9.17, 15) is 15.8 Å². The summed E-state index contributed by atoms with van der Waals surface area (Å²) < 4.78 is 4.35. The minimum atomic E-state index is 0.524. The van der Waals surface area contributed by atoms with Crippen molar-refractivity contribution in [1.29, 1.82) is 15.8 Å². The van der Waals surface area contributed by atoms with Crippen LogP contribution in [0.15, 0.2) is 127 Å². The molecule has 0 fully saturated rings. The quantitative estimate of drug-likeness (QED) is 0.216. The van der Waals surface area contributed by atoms with E-state index in [0.717, 1.165) is 66.1 Å². The van der Waals surface area contributed by atoms with E-state index >= 15 is 0 Å². The first-order valence-corrected chi connectivity index (χ1v) is 14.2. The van der Waals surface area contributed by atoms with Gasteiger partial charge in [-0.3, -0.25) is 0 Å². The van der Waals surface area contributed by atoms with Gasteiger partial charge in [-0.1, -0.05) is 60.7 Å². The molecule has 0 saturated carbocycles. The standard InChI is InChI=1S/C39H21N5/c40-22-25-13-17-37(43-34-10-4-1-7-29(34)30-8-2-5-11-35(30)43)32(19-25)27-15-16-28(24-42)39(21-27)44-36-12-6-3-9-31(36)33-20-26(23-41)14-18-38(33)44/h1-21H. The van der Waals surface area contributed by atoms with Crippen molar-refractivity contribution in [3.63, 3.8) is 0 Å². The normalized spacial score (nSPS) is 11.1. The van der Waals surface area contributed by atoms with Crippen LogP contribution in [0.3, 0.4) is 0 Å². The number of benzene rings is 6. The Bertz CT molecular complexity index is 2540. The zero-order chi connectivity index (χ0) is 29.8. The third-order valence-corrected chi connectivity index (χ3v) is 8.42. The topological polar surface area (TPSA) is 81.2 Å². The molecule has 0 spiro atoms. The number of nitrogens with zero attached hydrogens (tertiary/aromatic N) is 5. The Kier molecular flexibility index (Phi) is 5.56. The predicted molar refractivity (Wildman–Crippen MR) is 175 cm³/mol. The zero-order valence-electron chi connectivity index (χ0n) is 23.4. The number of para-hydroxylation sites is 3. The van der Waals surface area contributed by atoms with Crippen molar-refractivity contribution in [3.8, 4) is 40.7 Å². The maximum atomic E-state index is 10.3. The van der Waals surface area contributed by atoms with Gasteiger partial charge in [-0.2, -0.15) is 15.8 Å². The molecule has 0 unspecified atom stereocenters. The number of hydrogen-bond acceptors (Lipinski definition) is 3. The fourth-order valence-corrected chi connectivity index (χ4v) is 6.49. The minimum absolute atomic E-state index is 0.524. The van der Waals surface area contributed by atoms with Crippen LogP contribution in [-0.4, -0.2) is 9.13 Å². The van der Waals surface area contributed by atoms with Gasteiger partial charge in [0.2, 0.25) is 0 Å². The maximum Gasteiger partial charge on any atom is 0.101 e. The van der Waals surface area contributed by atoms with Gasteiger partial charge in [-0.15, -0.1) is 0 Å². The molecule has 0 aliphatic carbocycles. The Morgan fingerprint density at radius 3 is 1.55 bits per heavy atom. The van der Waals surface area contributed by atoms with E-state index in [1.54, 1.807) is 0 Å². The third kappa shape index (κ3) is 3.63. The van der Waals surface area contributed by atoms with Crippen LogP contribution in [0.5, 0.6) is 0 Å². The van der Waals surface area contributed by atoms with Gasteiger partial charge in [0.15, 0.2) is 0 Å². The lowest BCUT2D eigenvalue weighted by atomic mass is 9.98. The molecule has 0 N–H and O–H groups in total. The monoisotopic (exact) mass is 559 g/mol. The number of nitriles is 3. The van der Waals surface area contributed by atoms with Crippen LogP contribution >= 0.6 is 0 Å². The molecule has 202 valence electrons. The molecule has 5 nitrogen and oxygen atoms in total. The van der Waals surface area contributed by atoms with Gasteiger partial charge >= 0.3 is 0 Å². The molecule has 2 heterocycles. The first-order chi connectivity index (χ1) is 21.7. The number of hydrogen-bond donors (Lipinski definition) is 0. The first kappa shape index (κ1) is 25.1. The summed E-state index contributed by atoms with van der Waals surface area (Å²) in [6.45, 7) is 0. The highest BCUT2D eigenvalue weighted by Crippen LogP contribution is 2.39. The Hall–Kier alpha value is -6.61. The van der Waals surface area contributed by atoms with Crippen molar-refractivity contribution in [3.05, 3.63) is 144 Å². The van der Waals surface area contributed by atoms with E-state index in [4.69, 9.17) is 0 Å². The average molecular weight is 560 g/mol. The minimum Gasteiger partial charge on any atom is -0.309 e. The zero-order valence-corrected chi connectivity index (χ0v) is 23.4. The van der Waals surface area contributed by atoms with Gasteiger partial charge in [-0.25, -0.2) is 0 Å². The molecule has 0 radical (unpaired) electrons. The number of fused-ring (bicyclic) bond motifs is 6. The highest BCUT2D eigenvalue weighted by atomic mass is 15.0. The lowest BCUT2D eigenvalue weighted by Crippen LogP contribution is -2.01. The van der Waals surface area contributed by atoms with Crippen LogP contribution in [-0.2, 0) is 0 Å². The molecule has 6 aromatic carbocycles. The lowest BCUT2D eigenvalue weighted by Gasteiger charge is -2.17. The molecule has 0 aliphatic rings. The number of aromatic nitrogens is 2. The van der Waals surface area contributed by atoms with Crippen molar-refractivity contribution in [2.45, 2.75) is 0 Å². The van der Waals surface area contributed by atoms with Gasteiger partial charge in [0.05, 0.1) is 62.3 Å². The summed E-state index contributed by atoms with van der Waals surface area (Å²) >= 11 is 0. The van der Waals surface area contributed by atoms with Crippen molar-refractivity contribution in [2.24, 2.45) is 0 Å². The summed E-state index contributed by atoms with van der Waals surface area (Å²) in [4.78, 5) is 0. The largest absolute Gasteiger partial charge is 0.309 e. The van der Waals surface area contributed by atoms with Gasteiger partial charge in [0.25, 0.3) is 0 Å². The maximum absolute atomic E-state index is 10.3. The van der Waals surface area contributed by atoms with Crippen molar-refractivity contribution in [2.75, 3.05) is 0 Å². The van der Waals surface area contributed by atoms with Gasteiger partial charge < -0.3 is 9.13 Å². The Morgan fingerprint density at radius 2 is 0.932 bits per heavy atom. The lowest BCUT2D eigenvalue weighted by molar-refractivity contribution is 1.16. The summed E-state index contributed by atoms with van der Waals surface area (Å²) in [7, 11) is 0. The van der Waals surface area contributed by atoms with E-state index in [2.05, 4.69) is 63.7 Å². The second kappa shape index (κ2) is 9.74. The van der Waals surface area contributed by atoms with E-state index < -0.39 is 0 Å². The van der Waals surface area contributed by atoms with E-state index in [-0.39, 0.29) is 0 Å². The first-order valence-electron chi connectivity index (χ1n) is 14.2. The molecule has 0 atom stereocenters. The highest BCUT2D eigenvalue weighted by molar-refractivity contribution is 6.11. The van der Waals surface area contributed by atoms with Crippen molar-refractivity contribution in [1.82, 2.24) is 9.13 Å². The van der Waals surface area contributed by atoms with Gasteiger partial charge in [-0.05, 0) is 72.3 Å². The summed E-state index contributed by atoms with van der Waals surface area (Å²) in [6, 6.07) is 49.0.